The summed E-state index contributed by atoms with van der Waals surface area (Å²) < 4.78 is 1.13. The molecule has 0 saturated carbocycles. The third-order valence-corrected chi connectivity index (χ3v) is 5.32. The van der Waals surface area contributed by atoms with Gasteiger partial charge in [-0.3, -0.25) is 0 Å². The number of anilines is 1. The van der Waals surface area contributed by atoms with Crippen LogP contribution in [0.1, 0.15) is 36.4 Å². The number of hydrogen-bond acceptors (Lipinski definition) is 4. The number of hydrogen-bond donors (Lipinski definition) is 1. The molecule has 0 aliphatic rings. The van der Waals surface area contributed by atoms with Gasteiger partial charge in [0.1, 0.15) is 5.82 Å². The Morgan fingerprint density at radius 3 is 2.55 bits per heavy atom. The molecule has 0 spiro atoms. The topological polar surface area (TPSA) is 37.8 Å². The molecular formula is C15H20BrN3S. The standard InChI is InChI=1S/C15H20BrN3S/c1-5-7-17-14-11(6-2)9(3)18-15(19-14)13-8-12(16)10(4)20-13/h8H,5-7H2,1-4H3,(H,17,18,19). The van der Waals surface area contributed by atoms with Crippen LogP contribution in [0.25, 0.3) is 10.7 Å². The summed E-state index contributed by atoms with van der Waals surface area (Å²) in [5.41, 5.74) is 2.29. The van der Waals surface area contributed by atoms with Gasteiger partial charge in [-0.2, -0.15) is 0 Å². The number of aromatic nitrogens is 2. The molecule has 20 heavy (non-hydrogen) atoms. The lowest BCUT2D eigenvalue weighted by Gasteiger charge is -2.12. The molecule has 0 radical (unpaired) electrons. The quantitative estimate of drug-likeness (QED) is 0.824. The second-order valence-electron chi connectivity index (χ2n) is 4.75. The largest absolute Gasteiger partial charge is 0.370 e. The lowest BCUT2D eigenvalue weighted by molar-refractivity contribution is 0.939. The summed E-state index contributed by atoms with van der Waals surface area (Å²) in [7, 11) is 0. The molecule has 3 nitrogen and oxygen atoms in total. The number of halogens is 1. The Kier molecular flexibility index (Phi) is 5.16. The van der Waals surface area contributed by atoms with Crippen molar-refractivity contribution in [1.82, 2.24) is 9.97 Å². The van der Waals surface area contributed by atoms with E-state index in [4.69, 9.17) is 4.98 Å². The number of nitrogens with zero attached hydrogens (tertiary/aromatic N) is 2. The summed E-state index contributed by atoms with van der Waals surface area (Å²) in [6.07, 6.45) is 2.04. The number of rotatable bonds is 5. The molecule has 2 aromatic rings. The Hall–Kier alpha value is -0.940. The van der Waals surface area contributed by atoms with Crippen molar-refractivity contribution in [3.05, 3.63) is 26.7 Å². The molecule has 0 bridgehead atoms. The lowest BCUT2D eigenvalue weighted by atomic mass is 10.1. The molecule has 1 N–H and O–H groups in total. The Bertz CT molecular complexity index is 588. The summed E-state index contributed by atoms with van der Waals surface area (Å²) in [6.45, 7) is 9.41. The van der Waals surface area contributed by atoms with Crippen LogP contribution in [0.2, 0.25) is 0 Å². The maximum Gasteiger partial charge on any atom is 0.171 e. The van der Waals surface area contributed by atoms with Crippen molar-refractivity contribution in [2.24, 2.45) is 0 Å². The van der Waals surface area contributed by atoms with Gasteiger partial charge in [-0.25, -0.2) is 9.97 Å². The molecule has 0 aliphatic heterocycles. The van der Waals surface area contributed by atoms with Gasteiger partial charge in [0.2, 0.25) is 0 Å². The summed E-state index contributed by atoms with van der Waals surface area (Å²) in [5.74, 6) is 1.80. The highest BCUT2D eigenvalue weighted by atomic mass is 79.9. The van der Waals surface area contributed by atoms with E-state index in [2.05, 4.69) is 60.0 Å². The highest BCUT2D eigenvalue weighted by Crippen LogP contribution is 2.33. The van der Waals surface area contributed by atoms with Gasteiger partial charge in [0.15, 0.2) is 5.82 Å². The fraction of sp³-hybridized carbons (Fsp3) is 0.467. The molecule has 5 heteroatoms. The lowest BCUT2D eigenvalue weighted by Crippen LogP contribution is -2.08. The summed E-state index contributed by atoms with van der Waals surface area (Å²) >= 11 is 5.28. The van der Waals surface area contributed by atoms with E-state index >= 15 is 0 Å². The van der Waals surface area contributed by atoms with Gasteiger partial charge in [0.05, 0.1) is 4.88 Å². The monoisotopic (exact) mass is 353 g/mol. The number of aryl methyl sites for hydroxylation is 2. The molecule has 0 fully saturated rings. The molecule has 2 aromatic heterocycles. The predicted octanol–water partition coefficient (Wildman–Crippen LogP) is 4.97. The molecule has 2 rings (SSSR count). The first kappa shape index (κ1) is 15.4. The highest BCUT2D eigenvalue weighted by molar-refractivity contribution is 9.10. The van der Waals surface area contributed by atoms with Crippen LogP contribution in [-0.2, 0) is 6.42 Å². The van der Waals surface area contributed by atoms with Gasteiger partial charge < -0.3 is 5.32 Å². The molecule has 2 heterocycles. The first-order valence-corrected chi connectivity index (χ1v) is 8.55. The van der Waals surface area contributed by atoms with E-state index in [1.165, 1.54) is 10.4 Å². The minimum atomic E-state index is 0.817. The third kappa shape index (κ3) is 3.20. The normalized spacial score (nSPS) is 10.8. The maximum atomic E-state index is 4.73. The van der Waals surface area contributed by atoms with Crippen LogP contribution in [0.15, 0.2) is 10.5 Å². The van der Waals surface area contributed by atoms with Gasteiger partial charge in [0.25, 0.3) is 0 Å². The molecule has 0 unspecified atom stereocenters. The Morgan fingerprint density at radius 2 is 2.00 bits per heavy atom. The van der Waals surface area contributed by atoms with Crippen molar-refractivity contribution in [2.75, 3.05) is 11.9 Å². The van der Waals surface area contributed by atoms with Crippen molar-refractivity contribution in [3.63, 3.8) is 0 Å². The van der Waals surface area contributed by atoms with E-state index in [9.17, 15) is 0 Å². The number of thiophene rings is 1. The van der Waals surface area contributed by atoms with Crippen LogP contribution in [0, 0.1) is 13.8 Å². The number of nitrogens with one attached hydrogen (secondary N) is 1. The van der Waals surface area contributed by atoms with E-state index in [1.807, 2.05) is 0 Å². The van der Waals surface area contributed by atoms with Crippen molar-refractivity contribution in [2.45, 2.75) is 40.5 Å². The van der Waals surface area contributed by atoms with Crippen LogP contribution in [0.3, 0.4) is 0 Å². The first-order chi connectivity index (χ1) is 9.56. The second kappa shape index (κ2) is 6.68. The second-order valence-corrected chi connectivity index (χ2v) is 6.87. The van der Waals surface area contributed by atoms with Crippen LogP contribution >= 0.6 is 27.3 Å². The molecule has 108 valence electrons. The summed E-state index contributed by atoms with van der Waals surface area (Å²) in [5, 5.41) is 3.43. The van der Waals surface area contributed by atoms with Gasteiger partial charge in [-0.1, -0.05) is 13.8 Å². The van der Waals surface area contributed by atoms with E-state index in [1.54, 1.807) is 11.3 Å². The minimum absolute atomic E-state index is 0.817. The van der Waals surface area contributed by atoms with Gasteiger partial charge in [-0.15, -0.1) is 11.3 Å². The van der Waals surface area contributed by atoms with E-state index < -0.39 is 0 Å². The fourth-order valence-corrected chi connectivity index (χ4v) is 3.56. The molecule has 0 aliphatic carbocycles. The Morgan fingerprint density at radius 1 is 1.25 bits per heavy atom. The average Bonchev–Trinajstić information content (AvgIpc) is 2.76. The van der Waals surface area contributed by atoms with Crippen LogP contribution in [-0.4, -0.2) is 16.5 Å². The molecular weight excluding hydrogens is 334 g/mol. The zero-order valence-electron chi connectivity index (χ0n) is 12.4. The van der Waals surface area contributed by atoms with Crippen LogP contribution in [0.5, 0.6) is 0 Å². The van der Waals surface area contributed by atoms with Gasteiger partial charge in [-0.05, 0) is 48.7 Å². The Balaban J connectivity index is 2.46. The highest BCUT2D eigenvalue weighted by Gasteiger charge is 2.13. The molecule has 0 saturated heterocycles. The summed E-state index contributed by atoms with van der Waals surface area (Å²) in [6, 6.07) is 2.10. The Labute approximate surface area is 133 Å². The predicted molar refractivity (Wildman–Crippen MR) is 90.7 cm³/mol. The van der Waals surface area contributed by atoms with E-state index in [-0.39, 0.29) is 0 Å². The van der Waals surface area contributed by atoms with Crippen molar-refractivity contribution < 1.29 is 0 Å². The average molecular weight is 354 g/mol. The minimum Gasteiger partial charge on any atom is -0.370 e. The zero-order chi connectivity index (χ0) is 14.7. The van der Waals surface area contributed by atoms with Crippen LogP contribution < -0.4 is 5.32 Å². The molecule has 0 amide bonds. The maximum absolute atomic E-state index is 4.73. The first-order valence-electron chi connectivity index (χ1n) is 6.94. The van der Waals surface area contributed by atoms with E-state index in [0.717, 1.165) is 46.1 Å². The third-order valence-electron chi connectivity index (χ3n) is 3.19. The van der Waals surface area contributed by atoms with Crippen molar-refractivity contribution in [3.8, 4) is 10.7 Å². The fourth-order valence-electron chi connectivity index (χ4n) is 2.09. The van der Waals surface area contributed by atoms with Crippen LogP contribution in [0.4, 0.5) is 5.82 Å². The van der Waals surface area contributed by atoms with Gasteiger partial charge in [0, 0.05) is 27.2 Å². The zero-order valence-corrected chi connectivity index (χ0v) is 14.8. The van der Waals surface area contributed by atoms with Gasteiger partial charge >= 0.3 is 0 Å². The molecule has 0 atom stereocenters. The summed E-state index contributed by atoms with van der Waals surface area (Å²) in [4.78, 5) is 11.8. The SMILES string of the molecule is CCCNc1nc(-c2cc(Br)c(C)s2)nc(C)c1CC. The molecule has 0 aromatic carbocycles. The smallest absolute Gasteiger partial charge is 0.171 e. The van der Waals surface area contributed by atoms with Crippen molar-refractivity contribution >= 4 is 33.1 Å². The van der Waals surface area contributed by atoms with E-state index in [0.29, 0.717) is 0 Å². The van der Waals surface area contributed by atoms with Crippen molar-refractivity contribution in [1.29, 1.82) is 0 Å².